The second kappa shape index (κ2) is 5.56. The lowest BCUT2D eigenvalue weighted by Gasteiger charge is -2.11. The van der Waals surface area contributed by atoms with Gasteiger partial charge in [-0.25, -0.2) is 0 Å². The number of benzene rings is 1. The molecule has 19 heavy (non-hydrogen) atoms. The van der Waals surface area contributed by atoms with Gasteiger partial charge in [-0.3, -0.25) is 9.48 Å². The molecule has 1 heterocycles. The molecule has 2 rings (SSSR count). The van der Waals surface area contributed by atoms with Gasteiger partial charge in [0, 0.05) is 30.5 Å². The lowest BCUT2D eigenvalue weighted by Crippen LogP contribution is -2.13. The van der Waals surface area contributed by atoms with Crippen LogP contribution in [0.25, 0.3) is 0 Å². The third-order valence-corrected chi connectivity index (χ3v) is 2.54. The van der Waals surface area contributed by atoms with Crippen molar-refractivity contribution in [3.05, 3.63) is 42.2 Å². The van der Waals surface area contributed by atoms with E-state index in [2.05, 4.69) is 29.6 Å². The molecule has 0 atom stereocenters. The third kappa shape index (κ3) is 3.58. The molecule has 0 radical (unpaired) electrons. The van der Waals surface area contributed by atoms with Crippen LogP contribution in [0.15, 0.2) is 36.7 Å². The molecule has 1 aromatic heterocycles. The number of aromatic nitrogens is 2. The average Bonchev–Trinajstić information content (AvgIpc) is 2.74. The largest absolute Gasteiger partial charge is 0.383 e. The number of nitrogens with zero attached hydrogens (tertiary/aromatic N) is 2. The summed E-state index contributed by atoms with van der Waals surface area (Å²) in [6.45, 7) is 4.12. The van der Waals surface area contributed by atoms with Crippen LogP contribution in [-0.2, 0) is 7.05 Å². The first-order valence-electron chi connectivity index (χ1n) is 6.21. The first-order valence-corrected chi connectivity index (χ1v) is 6.21. The van der Waals surface area contributed by atoms with Crippen molar-refractivity contribution in [1.82, 2.24) is 9.78 Å². The van der Waals surface area contributed by atoms with Crippen molar-refractivity contribution in [1.29, 1.82) is 0 Å². The Kier molecular flexibility index (Phi) is 3.85. The van der Waals surface area contributed by atoms with Crippen molar-refractivity contribution in [3.8, 4) is 0 Å². The molecule has 0 unspecified atom stereocenters. The van der Waals surface area contributed by atoms with Crippen LogP contribution in [0.3, 0.4) is 0 Å². The van der Waals surface area contributed by atoms with Crippen LogP contribution in [0.5, 0.6) is 0 Å². The van der Waals surface area contributed by atoms with E-state index in [-0.39, 0.29) is 5.91 Å². The quantitative estimate of drug-likeness (QED) is 0.885. The summed E-state index contributed by atoms with van der Waals surface area (Å²) in [6, 6.07) is 7.77. The van der Waals surface area contributed by atoms with E-state index >= 15 is 0 Å². The molecule has 5 heteroatoms. The standard InChI is InChI=1S/C14H18N4O/c1-10(2)16-12-6-4-5-11(7-12)14(19)17-13-8-15-18(3)9-13/h4-10,16H,1-3H3,(H,17,19). The highest BCUT2D eigenvalue weighted by molar-refractivity contribution is 6.04. The van der Waals surface area contributed by atoms with Gasteiger partial charge in [0.25, 0.3) is 5.91 Å². The van der Waals surface area contributed by atoms with Crippen molar-refractivity contribution in [2.24, 2.45) is 7.05 Å². The average molecular weight is 258 g/mol. The monoisotopic (exact) mass is 258 g/mol. The minimum absolute atomic E-state index is 0.139. The SMILES string of the molecule is CC(C)Nc1cccc(C(=O)Nc2cnn(C)c2)c1. The summed E-state index contributed by atoms with van der Waals surface area (Å²) in [5.74, 6) is -0.139. The highest BCUT2D eigenvalue weighted by atomic mass is 16.1. The predicted octanol–water partition coefficient (Wildman–Crippen LogP) is 2.49. The van der Waals surface area contributed by atoms with E-state index in [4.69, 9.17) is 0 Å². The fourth-order valence-corrected chi connectivity index (χ4v) is 1.77. The number of aryl methyl sites for hydroxylation is 1. The number of nitrogens with one attached hydrogen (secondary N) is 2. The summed E-state index contributed by atoms with van der Waals surface area (Å²) < 4.78 is 1.65. The summed E-state index contributed by atoms with van der Waals surface area (Å²) in [5, 5.41) is 10.1. The van der Waals surface area contributed by atoms with E-state index in [0.29, 0.717) is 17.3 Å². The van der Waals surface area contributed by atoms with Gasteiger partial charge < -0.3 is 10.6 Å². The molecular weight excluding hydrogens is 240 g/mol. The molecule has 2 N–H and O–H groups in total. The first kappa shape index (κ1) is 13.1. The lowest BCUT2D eigenvalue weighted by molar-refractivity contribution is 0.102. The summed E-state index contributed by atoms with van der Waals surface area (Å²) in [4.78, 5) is 12.1. The molecule has 1 aromatic carbocycles. The minimum atomic E-state index is -0.139. The van der Waals surface area contributed by atoms with Crippen molar-refractivity contribution >= 4 is 17.3 Å². The maximum Gasteiger partial charge on any atom is 0.255 e. The molecule has 0 fully saturated rings. The molecule has 0 aliphatic carbocycles. The van der Waals surface area contributed by atoms with E-state index in [1.807, 2.05) is 25.2 Å². The van der Waals surface area contributed by atoms with Crippen LogP contribution < -0.4 is 10.6 Å². The van der Waals surface area contributed by atoms with E-state index in [1.54, 1.807) is 23.1 Å². The zero-order chi connectivity index (χ0) is 13.8. The Morgan fingerprint density at radius 1 is 1.32 bits per heavy atom. The molecule has 5 nitrogen and oxygen atoms in total. The van der Waals surface area contributed by atoms with Crippen LogP contribution >= 0.6 is 0 Å². The van der Waals surface area contributed by atoms with Gasteiger partial charge in [-0.15, -0.1) is 0 Å². The fourth-order valence-electron chi connectivity index (χ4n) is 1.77. The lowest BCUT2D eigenvalue weighted by atomic mass is 10.1. The molecule has 0 saturated heterocycles. The Hall–Kier alpha value is -2.30. The number of amides is 1. The third-order valence-electron chi connectivity index (χ3n) is 2.54. The Morgan fingerprint density at radius 3 is 2.74 bits per heavy atom. The summed E-state index contributed by atoms with van der Waals surface area (Å²) in [5.41, 5.74) is 2.25. The number of rotatable bonds is 4. The molecule has 0 saturated carbocycles. The Bertz CT molecular complexity index is 574. The van der Waals surface area contributed by atoms with Crippen molar-refractivity contribution in [2.45, 2.75) is 19.9 Å². The van der Waals surface area contributed by atoms with Gasteiger partial charge in [-0.2, -0.15) is 5.10 Å². The van der Waals surface area contributed by atoms with Gasteiger partial charge in [-0.05, 0) is 32.0 Å². The summed E-state index contributed by atoms with van der Waals surface area (Å²) in [6.07, 6.45) is 3.38. The van der Waals surface area contributed by atoms with Crippen LogP contribution in [0.4, 0.5) is 11.4 Å². The summed E-state index contributed by atoms with van der Waals surface area (Å²) >= 11 is 0. The van der Waals surface area contributed by atoms with Gasteiger partial charge >= 0.3 is 0 Å². The molecule has 1 amide bonds. The number of carbonyl (C=O) groups is 1. The molecular formula is C14H18N4O. The molecule has 2 aromatic rings. The van der Waals surface area contributed by atoms with Crippen molar-refractivity contribution in [2.75, 3.05) is 10.6 Å². The number of hydrogen-bond acceptors (Lipinski definition) is 3. The van der Waals surface area contributed by atoms with Crippen LogP contribution in [0.2, 0.25) is 0 Å². The van der Waals surface area contributed by atoms with Crippen molar-refractivity contribution in [3.63, 3.8) is 0 Å². The predicted molar refractivity (Wildman–Crippen MR) is 76.4 cm³/mol. The summed E-state index contributed by atoms with van der Waals surface area (Å²) in [7, 11) is 1.81. The Morgan fingerprint density at radius 2 is 2.11 bits per heavy atom. The van der Waals surface area contributed by atoms with Gasteiger partial charge in [-0.1, -0.05) is 6.07 Å². The maximum atomic E-state index is 12.1. The van der Waals surface area contributed by atoms with E-state index in [0.717, 1.165) is 5.69 Å². The van der Waals surface area contributed by atoms with Gasteiger partial charge in [0.2, 0.25) is 0 Å². The Balaban J connectivity index is 2.10. The molecule has 0 aliphatic rings. The fraction of sp³-hybridized carbons (Fsp3) is 0.286. The zero-order valence-electron chi connectivity index (χ0n) is 11.3. The minimum Gasteiger partial charge on any atom is -0.383 e. The molecule has 0 bridgehead atoms. The van der Waals surface area contributed by atoms with Gasteiger partial charge in [0.15, 0.2) is 0 Å². The first-order chi connectivity index (χ1) is 9.04. The second-order valence-corrected chi connectivity index (χ2v) is 4.74. The van der Waals surface area contributed by atoms with Crippen LogP contribution in [0.1, 0.15) is 24.2 Å². The van der Waals surface area contributed by atoms with Gasteiger partial charge in [0.1, 0.15) is 0 Å². The molecule has 100 valence electrons. The Labute approximate surface area is 112 Å². The molecule has 0 spiro atoms. The number of anilines is 2. The van der Waals surface area contributed by atoms with E-state index in [1.165, 1.54) is 0 Å². The second-order valence-electron chi connectivity index (χ2n) is 4.74. The van der Waals surface area contributed by atoms with Crippen molar-refractivity contribution < 1.29 is 4.79 Å². The number of carbonyl (C=O) groups excluding carboxylic acids is 1. The zero-order valence-corrected chi connectivity index (χ0v) is 11.3. The molecule has 0 aliphatic heterocycles. The van der Waals surface area contributed by atoms with E-state index in [9.17, 15) is 4.79 Å². The topological polar surface area (TPSA) is 59.0 Å². The van der Waals surface area contributed by atoms with Crippen LogP contribution in [-0.4, -0.2) is 21.7 Å². The van der Waals surface area contributed by atoms with E-state index < -0.39 is 0 Å². The highest BCUT2D eigenvalue weighted by Gasteiger charge is 2.08. The smallest absolute Gasteiger partial charge is 0.255 e. The highest BCUT2D eigenvalue weighted by Crippen LogP contribution is 2.13. The maximum absolute atomic E-state index is 12.1. The number of hydrogen-bond donors (Lipinski definition) is 2. The van der Waals surface area contributed by atoms with Crippen LogP contribution in [0, 0.1) is 0 Å². The van der Waals surface area contributed by atoms with Gasteiger partial charge in [0.05, 0.1) is 11.9 Å². The normalized spacial score (nSPS) is 10.5.